The third-order valence-corrected chi connectivity index (χ3v) is 3.25. The zero-order valence-electron chi connectivity index (χ0n) is 10.6. The second-order valence-electron chi connectivity index (χ2n) is 4.54. The number of benzene rings is 1. The molecule has 4 nitrogen and oxygen atoms in total. The number of carbonyl (C=O) groups is 1. The third-order valence-electron chi connectivity index (χ3n) is 3.25. The van der Waals surface area contributed by atoms with Crippen LogP contribution >= 0.6 is 0 Å². The van der Waals surface area contributed by atoms with Crippen LogP contribution in [0, 0.1) is 6.92 Å². The second-order valence-corrected chi connectivity index (χ2v) is 4.54. The lowest BCUT2D eigenvalue weighted by Gasteiger charge is -2.05. The van der Waals surface area contributed by atoms with Crippen LogP contribution in [0.15, 0.2) is 30.5 Å². The minimum absolute atomic E-state index is 0.0943. The van der Waals surface area contributed by atoms with Gasteiger partial charge in [0.15, 0.2) is 0 Å². The lowest BCUT2D eigenvalue weighted by molar-refractivity contribution is -0.121. The summed E-state index contributed by atoms with van der Waals surface area (Å²) in [5.74, 6) is 4.94. The van der Waals surface area contributed by atoms with Gasteiger partial charge < -0.3 is 4.57 Å². The fourth-order valence-corrected chi connectivity index (χ4v) is 2.21. The van der Waals surface area contributed by atoms with Crippen LogP contribution < -0.4 is 11.3 Å². The van der Waals surface area contributed by atoms with Crippen molar-refractivity contribution < 1.29 is 4.79 Å². The normalized spacial score (nSPS) is 10.8. The van der Waals surface area contributed by atoms with E-state index in [1.807, 2.05) is 0 Å². The predicted octanol–water partition coefficient (Wildman–Crippen LogP) is 2.11. The topological polar surface area (TPSA) is 60.0 Å². The summed E-state index contributed by atoms with van der Waals surface area (Å²) in [6, 6.07) is 8.49. The molecule has 0 atom stereocenters. The van der Waals surface area contributed by atoms with Crippen LogP contribution in [0.3, 0.4) is 0 Å². The van der Waals surface area contributed by atoms with Crippen LogP contribution in [0.1, 0.15) is 24.8 Å². The van der Waals surface area contributed by atoms with E-state index in [-0.39, 0.29) is 5.91 Å². The molecule has 1 aromatic carbocycles. The maximum absolute atomic E-state index is 11.0. The zero-order chi connectivity index (χ0) is 13.0. The number of carbonyl (C=O) groups excluding carboxylic acids is 1. The zero-order valence-corrected chi connectivity index (χ0v) is 10.6. The number of rotatable bonds is 5. The number of unbranched alkanes of at least 4 members (excludes halogenated alkanes) is 1. The van der Waals surface area contributed by atoms with Crippen molar-refractivity contribution in [2.45, 2.75) is 32.7 Å². The van der Waals surface area contributed by atoms with Gasteiger partial charge in [0.25, 0.3) is 0 Å². The van der Waals surface area contributed by atoms with Gasteiger partial charge in [0.2, 0.25) is 5.91 Å². The van der Waals surface area contributed by atoms with Gasteiger partial charge in [0, 0.05) is 30.1 Å². The molecule has 1 aromatic heterocycles. The smallest absolute Gasteiger partial charge is 0.233 e. The van der Waals surface area contributed by atoms with Gasteiger partial charge in [-0.25, -0.2) is 5.84 Å². The highest BCUT2D eigenvalue weighted by molar-refractivity contribution is 5.83. The van der Waals surface area contributed by atoms with E-state index >= 15 is 0 Å². The first-order valence-electron chi connectivity index (χ1n) is 6.26. The number of hydrogen-bond donors (Lipinski definition) is 2. The first-order valence-corrected chi connectivity index (χ1v) is 6.26. The van der Waals surface area contributed by atoms with Crippen molar-refractivity contribution in [2.24, 2.45) is 5.84 Å². The largest absolute Gasteiger partial charge is 0.347 e. The molecule has 4 heteroatoms. The number of amides is 1. The van der Waals surface area contributed by atoms with E-state index < -0.39 is 0 Å². The Labute approximate surface area is 107 Å². The van der Waals surface area contributed by atoms with Crippen molar-refractivity contribution in [3.05, 3.63) is 36.0 Å². The average molecular weight is 245 g/mol. The number of hydrogen-bond acceptors (Lipinski definition) is 2. The van der Waals surface area contributed by atoms with Crippen LogP contribution in [0.5, 0.6) is 0 Å². The highest BCUT2D eigenvalue weighted by Crippen LogP contribution is 2.20. The first-order chi connectivity index (χ1) is 8.72. The van der Waals surface area contributed by atoms with Gasteiger partial charge in [-0.2, -0.15) is 0 Å². The Morgan fingerprint density at radius 2 is 2.17 bits per heavy atom. The van der Waals surface area contributed by atoms with Crippen molar-refractivity contribution in [2.75, 3.05) is 0 Å². The number of nitrogens with two attached hydrogens (primary N) is 1. The number of aromatic nitrogens is 1. The maximum atomic E-state index is 11.0. The van der Waals surface area contributed by atoms with Gasteiger partial charge >= 0.3 is 0 Å². The molecule has 0 unspecified atom stereocenters. The molecule has 0 saturated carbocycles. The van der Waals surface area contributed by atoms with Gasteiger partial charge in [-0.1, -0.05) is 12.1 Å². The van der Waals surface area contributed by atoms with E-state index in [1.165, 1.54) is 16.5 Å². The van der Waals surface area contributed by atoms with Crippen molar-refractivity contribution >= 4 is 16.8 Å². The molecule has 96 valence electrons. The Bertz CT molecular complexity index is 545. The molecule has 0 radical (unpaired) electrons. The monoisotopic (exact) mass is 245 g/mol. The van der Waals surface area contributed by atoms with Crippen molar-refractivity contribution in [1.29, 1.82) is 0 Å². The Morgan fingerprint density at radius 3 is 2.94 bits per heavy atom. The molecular formula is C14H19N3O. The molecule has 1 heterocycles. The highest BCUT2D eigenvalue weighted by Gasteiger charge is 2.03. The lowest BCUT2D eigenvalue weighted by Crippen LogP contribution is -2.29. The molecule has 0 aliphatic rings. The maximum Gasteiger partial charge on any atom is 0.233 e. The standard InChI is InChI=1S/C14H19N3O/c1-11-5-4-6-13-12(11)8-10-17(13)9-3-2-7-14(18)16-15/h4-6,8,10H,2-3,7,9,15H2,1H3,(H,16,18). The number of nitrogens with zero attached hydrogens (tertiary/aromatic N) is 1. The summed E-state index contributed by atoms with van der Waals surface area (Å²) < 4.78 is 2.24. The summed E-state index contributed by atoms with van der Waals surface area (Å²) in [5.41, 5.74) is 4.71. The number of aryl methyl sites for hydroxylation is 2. The molecule has 1 amide bonds. The predicted molar refractivity (Wildman–Crippen MR) is 72.9 cm³/mol. The van der Waals surface area contributed by atoms with Crippen LogP contribution in [-0.4, -0.2) is 10.5 Å². The van der Waals surface area contributed by atoms with E-state index in [9.17, 15) is 4.79 Å². The molecule has 0 bridgehead atoms. The fraction of sp³-hybridized carbons (Fsp3) is 0.357. The number of hydrazine groups is 1. The minimum Gasteiger partial charge on any atom is -0.347 e. The van der Waals surface area contributed by atoms with Crippen molar-refractivity contribution in [3.8, 4) is 0 Å². The van der Waals surface area contributed by atoms with Gasteiger partial charge in [0.05, 0.1) is 0 Å². The van der Waals surface area contributed by atoms with Gasteiger partial charge in [-0.3, -0.25) is 10.2 Å². The van der Waals surface area contributed by atoms with Crippen LogP contribution in [0.2, 0.25) is 0 Å². The van der Waals surface area contributed by atoms with E-state index in [1.54, 1.807) is 0 Å². The molecule has 2 aromatic rings. The van der Waals surface area contributed by atoms with Crippen molar-refractivity contribution in [1.82, 2.24) is 9.99 Å². The Morgan fingerprint density at radius 1 is 1.33 bits per heavy atom. The van der Waals surface area contributed by atoms with E-state index in [4.69, 9.17) is 5.84 Å². The number of fused-ring (bicyclic) bond motifs is 1. The lowest BCUT2D eigenvalue weighted by atomic mass is 10.1. The van der Waals surface area contributed by atoms with Gasteiger partial charge in [-0.05, 0) is 37.5 Å². The van der Waals surface area contributed by atoms with Crippen LogP contribution in [-0.2, 0) is 11.3 Å². The fourth-order valence-electron chi connectivity index (χ4n) is 2.21. The van der Waals surface area contributed by atoms with Crippen molar-refractivity contribution in [3.63, 3.8) is 0 Å². The highest BCUT2D eigenvalue weighted by atomic mass is 16.2. The molecule has 0 aliphatic carbocycles. The summed E-state index contributed by atoms with van der Waals surface area (Å²) in [6.45, 7) is 3.06. The molecule has 0 aliphatic heterocycles. The Kier molecular flexibility index (Phi) is 3.99. The van der Waals surface area contributed by atoms with E-state index in [0.29, 0.717) is 6.42 Å². The molecule has 18 heavy (non-hydrogen) atoms. The molecular weight excluding hydrogens is 226 g/mol. The second kappa shape index (κ2) is 5.69. The molecule has 0 spiro atoms. The molecule has 2 rings (SSSR count). The van der Waals surface area contributed by atoms with E-state index in [2.05, 4.69) is 47.4 Å². The Balaban J connectivity index is 1.96. The Hall–Kier alpha value is -1.81. The van der Waals surface area contributed by atoms with Gasteiger partial charge in [0.1, 0.15) is 0 Å². The summed E-state index contributed by atoms with van der Waals surface area (Å²) in [4.78, 5) is 11.0. The molecule has 0 fully saturated rings. The van der Waals surface area contributed by atoms with Crippen LogP contribution in [0.25, 0.3) is 10.9 Å². The van der Waals surface area contributed by atoms with Gasteiger partial charge in [-0.15, -0.1) is 0 Å². The average Bonchev–Trinajstić information content (AvgIpc) is 2.79. The first kappa shape index (κ1) is 12.6. The summed E-state index contributed by atoms with van der Waals surface area (Å²) in [6.07, 6.45) is 4.44. The van der Waals surface area contributed by atoms with Crippen LogP contribution in [0.4, 0.5) is 0 Å². The summed E-state index contributed by atoms with van der Waals surface area (Å²) >= 11 is 0. The van der Waals surface area contributed by atoms with E-state index in [0.717, 1.165) is 19.4 Å². The summed E-state index contributed by atoms with van der Waals surface area (Å²) in [5, 5.41) is 1.30. The third kappa shape index (κ3) is 2.71. The minimum atomic E-state index is -0.0943. The SMILES string of the molecule is Cc1cccc2c1ccn2CCCCC(=O)NN. The number of nitrogens with one attached hydrogen (secondary N) is 1. The summed E-state index contributed by atoms with van der Waals surface area (Å²) in [7, 11) is 0. The molecule has 0 saturated heterocycles. The molecule has 3 N–H and O–H groups in total. The quantitative estimate of drug-likeness (QED) is 0.367.